The third-order valence-electron chi connectivity index (χ3n) is 5.58. The van der Waals surface area contributed by atoms with Crippen LogP contribution in [0.4, 0.5) is 0 Å². The van der Waals surface area contributed by atoms with Crippen LogP contribution in [0.2, 0.25) is 0 Å². The Hall–Kier alpha value is -0.570. The summed E-state index contributed by atoms with van der Waals surface area (Å²) in [4.78, 5) is 10.5. The van der Waals surface area contributed by atoms with Gasteiger partial charge < -0.3 is 10.2 Å². The molecule has 3 atom stereocenters. The number of carbonyl (C=O) groups is 1. The molecule has 1 aliphatic carbocycles. The molecule has 1 fully saturated rings. The smallest absolute Gasteiger partial charge is 0.332 e. The molecule has 1 aliphatic rings. The molecule has 0 heterocycles. The third kappa shape index (κ3) is 9.34. The summed E-state index contributed by atoms with van der Waals surface area (Å²) in [5.41, 5.74) is 0. The van der Waals surface area contributed by atoms with Gasteiger partial charge in [-0.05, 0) is 18.3 Å². The van der Waals surface area contributed by atoms with Crippen molar-refractivity contribution < 1.29 is 15.0 Å². The number of aliphatic carboxylic acids is 1. The van der Waals surface area contributed by atoms with Crippen LogP contribution < -0.4 is 0 Å². The van der Waals surface area contributed by atoms with Crippen LogP contribution in [0.5, 0.6) is 0 Å². The van der Waals surface area contributed by atoms with E-state index in [0.29, 0.717) is 6.42 Å². The highest BCUT2D eigenvalue weighted by atomic mass is 16.4. The van der Waals surface area contributed by atoms with E-state index in [9.17, 15) is 9.90 Å². The molecule has 0 aliphatic heterocycles. The highest BCUT2D eigenvalue weighted by Crippen LogP contribution is 2.38. The van der Waals surface area contributed by atoms with Crippen molar-refractivity contribution in [3.8, 4) is 0 Å². The number of unbranched alkanes of at least 4 members (excludes halogenated alkanes) is 7. The Bertz CT molecular complexity index is 303. The number of rotatable bonds is 14. The lowest BCUT2D eigenvalue weighted by atomic mass is 9.86. The Morgan fingerprint density at radius 2 is 1.43 bits per heavy atom. The molecule has 1 saturated carbocycles. The van der Waals surface area contributed by atoms with Gasteiger partial charge in [-0.3, -0.25) is 0 Å². The molecule has 0 amide bonds. The van der Waals surface area contributed by atoms with Crippen molar-refractivity contribution in [3.63, 3.8) is 0 Å². The summed E-state index contributed by atoms with van der Waals surface area (Å²) in [5, 5.41) is 17.9. The van der Waals surface area contributed by atoms with E-state index < -0.39 is 12.1 Å². The number of hydrogen-bond donors (Lipinski definition) is 2. The van der Waals surface area contributed by atoms with Crippen molar-refractivity contribution in [2.75, 3.05) is 0 Å². The van der Waals surface area contributed by atoms with Crippen LogP contribution >= 0.6 is 0 Å². The molecule has 23 heavy (non-hydrogen) atoms. The van der Waals surface area contributed by atoms with Crippen LogP contribution in [0.25, 0.3) is 0 Å². The Morgan fingerprint density at radius 3 is 2.00 bits per heavy atom. The molecule has 3 heteroatoms. The normalized spacial score (nSPS) is 22.3. The number of carboxylic acids is 1. The summed E-state index contributed by atoms with van der Waals surface area (Å²) < 4.78 is 0. The summed E-state index contributed by atoms with van der Waals surface area (Å²) in [6, 6.07) is 0. The molecule has 1 rings (SSSR count). The van der Waals surface area contributed by atoms with Gasteiger partial charge in [0.1, 0.15) is 0 Å². The van der Waals surface area contributed by atoms with E-state index in [2.05, 4.69) is 6.92 Å². The van der Waals surface area contributed by atoms with Crippen molar-refractivity contribution >= 4 is 5.97 Å². The van der Waals surface area contributed by atoms with Crippen LogP contribution in [-0.2, 0) is 4.79 Å². The van der Waals surface area contributed by atoms with Crippen LogP contribution in [0.3, 0.4) is 0 Å². The maximum atomic E-state index is 10.5. The Labute approximate surface area is 142 Å². The zero-order valence-corrected chi connectivity index (χ0v) is 15.1. The minimum atomic E-state index is -1.16. The molecular formula is C20H38O3. The highest BCUT2D eigenvalue weighted by molar-refractivity contribution is 5.71. The van der Waals surface area contributed by atoms with Crippen molar-refractivity contribution in [1.29, 1.82) is 0 Å². The summed E-state index contributed by atoms with van der Waals surface area (Å²) in [7, 11) is 0. The molecular weight excluding hydrogens is 288 g/mol. The zero-order chi connectivity index (χ0) is 16.9. The molecule has 1 unspecified atom stereocenters. The van der Waals surface area contributed by atoms with Gasteiger partial charge in [0.25, 0.3) is 0 Å². The first-order valence-electron chi connectivity index (χ1n) is 10.1. The van der Waals surface area contributed by atoms with Crippen molar-refractivity contribution in [2.45, 2.75) is 109 Å². The standard InChI is InChI=1S/C20H38O3/c1-2-3-4-5-6-8-12-17-14-11-15-18(17)13-9-7-10-16-19(21)20(22)23/h17-19,21H,2-16H2,1H3,(H,22,23)/t17-,18-,19?/m0/s1. The van der Waals surface area contributed by atoms with Gasteiger partial charge in [-0.1, -0.05) is 96.8 Å². The monoisotopic (exact) mass is 326 g/mol. The van der Waals surface area contributed by atoms with Gasteiger partial charge in [-0.15, -0.1) is 0 Å². The molecule has 2 N–H and O–H groups in total. The molecule has 0 aromatic heterocycles. The minimum absolute atomic E-state index is 0.404. The lowest BCUT2D eigenvalue weighted by Gasteiger charge is -2.19. The van der Waals surface area contributed by atoms with Gasteiger partial charge in [0.15, 0.2) is 6.10 Å². The van der Waals surface area contributed by atoms with Crippen LogP contribution in [-0.4, -0.2) is 22.3 Å². The van der Waals surface area contributed by atoms with Crippen molar-refractivity contribution in [2.24, 2.45) is 11.8 Å². The van der Waals surface area contributed by atoms with Crippen molar-refractivity contribution in [3.05, 3.63) is 0 Å². The average Bonchev–Trinajstić information content (AvgIpc) is 2.97. The fourth-order valence-electron chi connectivity index (χ4n) is 4.11. The lowest BCUT2D eigenvalue weighted by Crippen LogP contribution is -2.18. The van der Waals surface area contributed by atoms with E-state index in [1.165, 1.54) is 77.0 Å². The van der Waals surface area contributed by atoms with Gasteiger partial charge in [-0.2, -0.15) is 0 Å². The van der Waals surface area contributed by atoms with Gasteiger partial charge in [0.2, 0.25) is 0 Å². The second-order valence-electron chi connectivity index (χ2n) is 7.50. The predicted molar refractivity (Wildman–Crippen MR) is 95.6 cm³/mol. The number of aliphatic hydroxyl groups excluding tert-OH is 1. The molecule has 0 saturated heterocycles. The SMILES string of the molecule is CCCCCCCC[C@H]1CCC[C@@H]1CCCCCC(O)C(=O)O. The van der Waals surface area contributed by atoms with E-state index in [0.717, 1.165) is 24.7 Å². The summed E-state index contributed by atoms with van der Waals surface area (Å²) in [5.74, 6) is 0.778. The molecule has 0 radical (unpaired) electrons. The zero-order valence-electron chi connectivity index (χ0n) is 15.1. The Balaban J connectivity index is 2.03. The maximum Gasteiger partial charge on any atom is 0.332 e. The Morgan fingerprint density at radius 1 is 0.913 bits per heavy atom. The lowest BCUT2D eigenvalue weighted by molar-refractivity contribution is -0.146. The maximum absolute atomic E-state index is 10.5. The molecule has 0 bridgehead atoms. The molecule has 0 spiro atoms. The summed E-state index contributed by atoms with van der Waals surface area (Å²) in [6.07, 6.45) is 17.7. The van der Waals surface area contributed by atoms with E-state index in [4.69, 9.17) is 5.11 Å². The quantitative estimate of drug-likeness (QED) is 0.411. The van der Waals surface area contributed by atoms with Gasteiger partial charge in [0, 0.05) is 0 Å². The fraction of sp³-hybridized carbons (Fsp3) is 0.950. The van der Waals surface area contributed by atoms with E-state index in [-0.39, 0.29) is 0 Å². The first kappa shape index (κ1) is 20.5. The summed E-state index contributed by atoms with van der Waals surface area (Å²) in [6.45, 7) is 2.27. The fourth-order valence-corrected chi connectivity index (χ4v) is 4.11. The first-order chi connectivity index (χ1) is 11.1. The number of carboxylic acid groups (broad SMARTS) is 1. The van der Waals surface area contributed by atoms with E-state index in [1.54, 1.807) is 0 Å². The molecule has 0 aromatic carbocycles. The molecule has 3 nitrogen and oxygen atoms in total. The highest BCUT2D eigenvalue weighted by Gasteiger charge is 2.26. The largest absolute Gasteiger partial charge is 0.479 e. The average molecular weight is 327 g/mol. The van der Waals surface area contributed by atoms with Crippen LogP contribution in [0.1, 0.15) is 103 Å². The topological polar surface area (TPSA) is 57.5 Å². The van der Waals surface area contributed by atoms with Gasteiger partial charge in [0.05, 0.1) is 0 Å². The van der Waals surface area contributed by atoms with E-state index >= 15 is 0 Å². The number of hydrogen-bond acceptors (Lipinski definition) is 2. The molecule has 136 valence electrons. The van der Waals surface area contributed by atoms with E-state index in [1.807, 2.05) is 0 Å². The van der Waals surface area contributed by atoms with Gasteiger partial charge in [-0.25, -0.2) is 4.79 Å². The molecule has 0 aromatic rings. The van der Waals surface area contributed by atoms with Gasteiger partial charge >= 0.3 is 5.97 Å². The predicted octanol–water partition coefficient (Wildman–Crippen LogP) is 5.55. The first-order valence-corrected chi connectivity index (χ1v) is 10.1. The third-order valence-corrected chi connectivity index (χ3v) is 5.58. The minimum Gasteiger partial charge on any atom is -0.479 e. The van der Waals surface area contributed by atoms with Crippen LogP contribution in [0, 0.1) is 11.8 Å². The second kappa shape index (κ2) is 12.8. The summed E-state index contributed by atoms with van der Waals surface area (Å²) >= 11 is 0. The van der Waals surface area contributed by atoms with Crippen LogP contribution in [0.15, 0.2) is 0 Å². The Kier molecular flexibility index (Phi) is 11.4. The number of aliphatic hydroxyl groups is 1. The second-order valence-corrected chi connectivity index (χ2v) is 7.50. The van der Waals surface area contributed by atoms with Crippen molar-refractivity contribution in [1.82, 2.24) is 0 Å².